The third kappa shape index (κ3) is 2.13. The minimum absolute atomic E-state index is 0.341. The van der Waals surface area contributed by atoms with E-state index >= 15 is 0 Å². The van der Waals surface area contributed by atoms with Gasteiger partial charge in [-0.2, -0.15) is 0 Å². The van der Waals surface area contributed by atoms with Crippen LogP contribution in [0.5, 0.6) is 0 Å². The minimum Gasteiger partial charge on any atom is -0.467 e. The van der Waals surface area contributed by atoms with Gasteiger partial charge in [0.25, 0.3) is 0 Å². The predicted molar refractivity (Wildman–Crippen MR) is 54.3 cm³/mol. The fourth-order valence-electron chi connectivity index (χ4n) is 1.65. The zero-order valence-electron chi connectivity index (χ0n) is 7.37. The maximum absolute atomic E-state index is 5.81. The molecule has 1 saturated heterocycles. The van der Waals surface area contributed by atoms with Gasteiger partial charge in [0, 0.05) is 19.1 Å². The highest BCUT2D eigenvalue weighted by molar-refractivity contribution is 9.10. The Morgan fingerprint density at radius 2 is 2.54 bits per heavy atom. The first kappa shape index (κ1) is 9.24. The van der Waals surface area contributed by atoms with Crippen LogP contribution in [0.3, 0.4) is 0 Å². The lowest BCUT2D eigenvalue weighted by Crippen LogP contribution is -2.26. The van der Waals surface area contributed by atoms with Crippen LogP contribution in [0.25, 0.3) is 0 Å². The first-order valence-electron chi connectivity index (χ1n) is 4.45. The second-order valence-corrected chi connectivity index (χ2v) is 4.33. The Bertz CT molecular complexity index is 287. The molecule has 72 valence electrons. The van der Waals surface area contributed by atoms with Crippen molar-refractivity contribution in [2.45, 2.75) is 19.0 Å². The molecule has 1 unspecified atom stereocenters. The number of furan rings is 1. The lowest BCUT2D eigenvalue weighted by atomic mass is 10.3. The van der Waals surface area contributed by atoms with Gasteiger partial charge in [-0.25, -0.2) is 0 Å². The quantitative estimate of drug-likeness (QED) is 0.860. The van der Waals surface area contributed by atoms with Crippen LogP contribution < -0.4 is 5.73 Å². The Morgan fingerprint density at radius 3 is 3.08 bits per heavy atom. The molecule has 0 bridgehead atoms. The number of rotatable bonds is 2. The fraction of sp³-hybridized carbons (Fsp3) is 0.556. The van der Waals surface area contributed by atoms with Gasteiger partial charge in [0.15, 0.2) is 0 Å². The largest absolute Gasteiger partial charge is 0.467 e. The van der Waals surface area contributed by atoms with Crippen molar-refractivity contribution in [2.75, 3.05) is 13.1 Å². The maximum Gasteiger partial charge on any atom is 0.131 e. The molecule has 0 spiro atoms. The molecule has 0 aromatic carbocycles. The highest BCUT2D eigenvalue weighted by Crippen LogP contribution is 2.20. The van der Waals surface area contributed by atoms with Gasteiger partial charge in [0.1, 0.15) is 5.76 Å². The van der Waals surface area contributed by atoms with Crippen LogP contribution in [0.4, 0.5) is 0 Å². The van der Waals surface area contributed by atoms with Crippen LogP contribution in [0.2, 0.25) is 0 Å². The van der Waals surface area contributed by atoms with Crippen molar-refractivity contribution < 1.29 is 4.42 Å². The van der Waals surface area contributed by atoms with Gasteiger partial charge >= 0.3 is 0 Å². The SMILES string of the molecule is NC1CCN(Cc2occc2Br)C1. The summed E-state index contributed by atoms with van der Waals surface area (Å²) in [4.78, 5) is 2.31. The minimum atomic E-state index is 0.341. The molecule has 1 fully saturated rings. The van der Waals surface area contributed by atoms with E-state index in [-0.39, 0.29) is 0 Å². The van der Waals surface area contributed by atoms with E-state index < -0.39 is 0 Å². The van der Waals surface area contributed by atoms with E-state index in [0.29, 0.717) is 6.04 Å². The molecular weight excluding hydrogens is 232 g/mol. The van der Waals surface area contributed by atoms with E-state index in [1.54, 1.807) is 6.26 Å². The summed E-state index contributed by atoms with van der Waals surface area (Å²) in [5.74, 6) is 0.995. The zero-order valence-corrected chi connectivity index (χ0v) is 8.96. The lowest BCUT2D eigenvalue weighted by Gasteiger charge is -2.12. The van der Waals surface area contributed by atoms with Crippen LogP contribution in [0.15, 0.2) is 21.2 Å². The van der Waals surface area contributed by atoms with Crippen LogP contribution >= 0.6 is 15.9 Å². The number of halogens is 1. The van der Waals surface area contributed by atoms with E-state index in [0.717, 1.165) is 36.3 Å². The lowest BCUT2D eigenvalue weighted by molar-refractivity contribution is 0.293. The Labute approximate surface area is 86.0 Å². The zero-order chi connectivity index (χ0) is 9.26. The molecule has 2 heterocycles. The average Bonchev–Trinajstić information content (AvgIpc) is 2.64. The molecule has 2 rings (SSSR count). The van der Waals surface area contributed by atoms with Crippen molar-refractivity contribution >= 4 is 15.9 Å². The Kier molecular flexibility index (Phi) is 2.71. The summed E-state index contributed by atoms with van der Waals surface area (Å²) in [7, 11) is 0. The van der Waals surface area contributed by atoms with Crippen LogP contribution in [0, 0.1) is 0 Å². The van der Waals surface area contributed by atoms with Crippen molar-refractivity contribution in [3.8, 4) is 0 Å². The van der Waals surface area contributed by atoms with Gasteiger partial charge in [-0.1, -0.05) is 0 Å². The van der Waals surface area contributed by atoms with Crippen molar-refractivity contribution in [1.82, 2.24) is 4.90 Å². The van der Waals surface area contributed by atoms with Crippen molar-refractivity contribution in [2.24, 2.45) is 5.73 Å². The smallest absolute Gasteiger partial charge is 0.131 e. The van der Waals surface area contributed by atoms with Crippen LogP contribution in [-0.2, 0) is 6.54 Å². The second-order valence-electron chi connectivity index (χ2n) is 3.48. The molecule has 13 heavy (non-hydrogen) atoms. The van der Waals surface area contributed by atoms with E-state index in [4.69, 9.17) is 10.2 Å². The van der Waals surface area contributed by atoms with Gasteiger partial charge in [0.05, 0.1) is 17.3 Å². The summed E-state index contributed by atoms with van der Waals surface area (Å²) < 4.78 is 6.38. The highest BCUT2D eigenvalue weighted by atomic mass is 79.9. The number of nitrogens with zero attached hydrogens (tertiary/aromatic N) is 1. The van der Waals surface area contributed by atoms with Crippen molar-refractivity contribution in [3.63, 3.8) is 0 Å². The van der Waals surface area contributed by atoms with Gasteiger partial charge in [-0.05, 0) is 28.4 Å². The third-order valence-corrected chi connectivity index (χ3v) is 3.07. The number of hydrogen-bond donors (Lipinski definition) is 1. The highest BCUT2D eigenvalue weighted by Gasteiger charge is 2.20. The van der Waals surface area contributed by atoms with Crippen LogP contribution in [0.1, 0.15) is 12.2 Å². The summed E-state index contributed by atoms with van der Waals surface area (Å²) in [5, 5.41) is 0. The van der Waals surface area contributed by atoms with Crippen LogP contribution in [-0.4, -0.2) is 24.0 Å². The first-order chi connectivity index (χ1) is 6.25. The third-order valence-electron chi connectivity index (χ3n) is 2.37. The maximum atomic E-state index is 5.81. The number of likely N-dealkylation sites (tertiary alicyclic amines) is 1. The molecule has 1 atom stereocenters. The summed E-state index contributed by atoms with van der Waals surface area (Å²) in [6, 6.07) is 2.26. The number of nitrogens with two attached hydrogens (primary N) is 1. The molecule has 1 aliphatic rings. The van der Waals surface area contributed by atoms with E-state index in [1.165, 1.54) is 0 Å². The average molecular weight is 245 g/mol. The Hall–Kier alpha value is -0.320. The van der Waals surface area contributed by atoms with Crippen molar-refractivity contribution in [3.05, 3.63) is 22.6 Å². The normalized spacial score (nSPS) is 24.0. The topological polar surface area (TPSA) is 42.4 Å². The Morgan fingerprint density at radius 1 is 1.69 bits per heavy atom. The molecule has 4 heteroatoms. The van der Waals surface area contributed by atoms with Gasteiger partial charge in [-0.15, -0.1) is 0 Å². The second kappa shape index (κ2) is 3.82. The molecular formula is C9H13BrN2O. The first-order valence-corrected chi connectivity index (χ1v) is 5.25. The van der Waals surface area contributed by atoms with Gasteiger partial charge in [0.2, 0.25) is 0 Å². The molecule has 0 aliphatic carbocycles. The summed E-state index contributed by atoms with van der Waals surface area (Å²) >= 11 is 3.44. The van der Waals surface area contributed by atoms with Crippen molar-refractivity contribution in [1.29, 1.82) is 0 Å². The molecule has 0 amide bonds. The molecule has 2 N–H and O–H groups in total. The summed E-state index contributed by atoms with van der Waals surface area (Å²) in [6.07, 6.45) is 2.80. The fourth-order valence-corrected chi connectivity index (χ4v) is 1.97. The van der Waals surface area contributed by atoms with E-state index in [1.807, 2.05) is 6.07 Å². The summed E-state index contributed by atoms with van der Waals surface area (Å²) in [5.41, 5.74) is 5.81. The number of hydrogen-bond acceptors (Lipinski definition) is 3. The molecule has 1 aromatic heterocycles. The molecule has 1 aliphatic heterocycles. The monoisotopic (exact) mass is 244 g/mol. The molecule has 1 aromatic rings. The van der Waals surface area contributed by atoms with E-state index in [9.17, 15) is 0 Å². The van der Waals surface area contributed by atoms with Gasteiger partial charge < -0.3 is 10.2 Å². The Balaban J connectivity index is 1.95. The predicted octanol–water partition coefficient (Wildman–Crippen LogP) is 1.58. The van der Waals surface area contributed by atoms with Gasteiger partial charge in [-0.3, -0.25) is 4.90 Å². The molecule has 0 radical (unpaired) electrons. The van der Waals surface area contributed by atoms with E-state index in [2.05, 4.69) is 20.8 Å². The molecule has 0 saturated carbocycles. The summed E-state index contributed by atoms with van der Waals surface area (Å²) in [6.45, 7) is 2.92. The molecule has 3 nitrogen and oxygen atoms in total. The standard InChI is InChI=1S/C9H13BrN2O/c10-8-2-4-13-9(8)6-12-3-1-7(11)5-12/h2,4,7H,1,3,5-6,11H2.